The van der Waals surface area contributed by atoms with Crippen molar-refractivity contribution in [2.45, 2.75) is 52.5 Å². The highest BCUT2D eigenvalue weighted by Gasteiger charge is 2.22. The molecule has 1 aromatic heterocycles. The molecule has 1 fully saturated rings. The summed E-state index contributed by atoms with van der Waals surface area (Å²) in [6.07, 6.45) is 7.92. The molecule has 2 atom stereocenters. The number of carbonyl (C=O) groups excluding carboxylic acids is 1. The zero-order valence-corrected chi connectivity index (χ0v) is 18.9. The molecule has 2 unspecified atom stereocenters. The largest absolute Gasteiger partial charge is 0.493 e. The molecular weight excluding hydrogens is 405 g/mol. The van der Waals surface area contributed by atoms with Crippen molar-refractivity contribution in [1.82, 2.24) is 5.32 Å². The van der Waals surface area contributed by atoms with Crippen LogP contribution in [0.3, 0.4) is 0 Å². The van der Waals surface area contributed by atoms with Crippen molar-refractivity contribution in [3.8, 4) is 16.9 Å². The normalized spacial score (nSPS) is 19.2. The van der Waals surface area contributed by atoms with Gasteiger partial charge in [-0.1, -0.05) is 31.9 Å². The van der Waals surface area contributed by atoms with Gasteiger partial charge in [-0.15, -0.1) is 0 Å². The number of hydrogen-bond acceptors (Lipinski definition) is 3. The van der Waals surface area contributed by atoms with Crippen molar-refractivity contribution in [2.24, 2.45) is 5.92 Å². The van der Waals surface area contributed by atoms with Crippen LogP contribution in [-0.4, -0.2) is 18.6 Å². The summed E-state index contributed by atoms with van der Waals surface area (Å²) >= 11 is 0. The Morgan fingerprint density at radius 2 is 1.97 bits per heavy atom. The number of amides is 1. The lowest BCUT2D eigenvalue weighted by atomic mass is 9.86. The standard InChI is InChI=1S/C27H30FNO3/c1-4-31-25-15-26-22(23(16-32-26)19-9-11-20(28)12-10-19)14-21(25)18(3)13-27(30)29-24-8-6-5-7-17(24)2/h9-17,24H,4-8H2,1-3H3,(H,29,30)/b18-13+. The van der Waals surface area contributed by atoms with E-state index < -0.39 is 0 Å². The molecular formula is C27H30FNO3. The minimum Gasteiger partial charge on any atom is -0.493 e. The number of ether oxygens (including phenoxy) is 1. The zero-order valence-electron chi connectivity index (χ0n) is 18.9. The summed E-state index contributed by atoms with van der Waals surface area (Å²) in [6, 6.07) is 10.4. The van der Waals surface area contributed by atoms with E-state index in [-0.39, 0.29) is 17.8 Å². The fourth-order valence-corrected chi connectivity index (χ4v) is 4.52. The van der Waals surface area contributed by atoms with Crippen molar-refractivity contribution in [3.63, 3.8) is 0 Å². The van der Waals surface area contributed by atoms with Crippen LogP contribution in [0.25, 0.3) is 27.7 Å². The number of nitrogens with one attached hydrogen (secondary N) is 1. The maximum Gasteiger partial charge on any atom is 0.244 e. The van der Waals surface area contributed by atoms with Gasteiger partial charge in [0.1, 0.15) is 17.1 Å². The van der Waals surface area contributed by atoms with Crippen LogP contribution in [0.15, 0.2) is 53.2 Å². The lowest BCUT2D eigenvalue weighted by molar-refractivity contribution is -0.117. The second-order valence-corrected chi connectivity index (χ2v) is 8.64. The first-order chi connectivity index (χ1) is 15.5. The number of halogens is 1. The van der Waals surface area contributed by atoms with E-state index in [1.54, 1.807) is 24.5 Å². The van der Waals surface area contributed by atoms with Crippen LogP contribution in [0.1, 0.15) is 52.0 Å². The Bertz CT molecular complexity index is 1130. The number of allylic oxidation sites excluding steroid dienone is 1. The SMILES string of the molecule is CCOc1cc2occ(-c3ccc(F)cc3)c2cc1/C(C)=C/C(=O)NC1CCCCC1C. The van der Waals surface area contributed by atoms with E-state index in [1.165, 1.54) is 18.6 Å². The van der Waals surface area contributed by atoms with Gasteiger partial charge in [-0.25, -0.2) is 4.39 Å². The molecule has 2 aromatic carbocycles. The number of rotatable bonds is 6. The molecule has 0 radical (unpaired) electrons. The first-order valence-corrected chi connectivity index (χ1v) is 11.4. The highest BCUT2D eigenvalue weighted by atomic mass is 19.1. The first-order valence-electron chi connectivity index (χ1n) is 11.4. The summed E-state index contributed by atoms with van der Waals surface area (Å²) in [7, 11) is 0. The van der Waals surface area contributed by atoms with Gasteiger partial charge in [-0.3, -0.25) is 4.79 Å². The minimum absolute atomic E-state index is 0.0743. The van der Waals surface area contributed by atoms with Crippen LogP contribution < -0.4 is 10.1 Å². The van der Waals surface area contributed by atoms with Gasteiger partial charge in [0, 0.05) is 34.7 Å². The van der Waals surface area contributed by atoms with Crippen molar-refractivity contribution >= 4 is 22.4 Å². The Balaban J connectivity index is 1.68. The van der Waals surface area contributed by atoms with E-state index in [1.807, 2.05) is 26.0 Å². The topological polar surface area (TPSA) is 51.5 Å². The molecule has 168 valence electrons. The van der Waals surface area contributed by atoms with Crippen LogP contribution >= 0.6 is 0 Å². The minimum atomic E-state index is -0.280. The molecule has 5 heteroatoms. The maximum atomic E-state index is 13.4. The van der Waals surface area contributed by atoms with Gasteiger partial charge in [0.15, 0.2) is 0 Å². The average molecular weight is 436 g/mol. The number of hydrogen-bond donors (Lipinski definition) is 1. The third kappa shape index (κ3) is 4.72. The van der Waals surface area contributed by atoms with Gasteiger partial charge in [0.2, 0.25) is 5.91 Å². The molecule has 1 aliphatic carbocycles. The van der Waals surface area contributed by atoms with E-state index in [2.05, 4.69) is 12.2 Å². The van der Waals surface area contributed by atoms with Crippen molar-refractivity contribution in [1.29, 1.82) is 0 Å². The summed E-state index contributed by atoms with van der Waals surface area (Å²) in [4.78, 5) is 12.8. The van der Waals surface area contributed by atoms with Gasteiger partial charge < -0.3 is 14.5 Å². The van der Waals surface area contributed by atoms with E-state index in [0.29, 0.717) is 23.9 Å². The number of fused-ring (bicyclic) bond motifs is 1. The van der Waals surface area contributed by atoms with Crippen LogP contribution in [0.5, 0.6) is 5.75 Å². The molecule has 1 saturated carbocycles. The fraction of sp³-hybridized carbons (Fsp3) is 0.370. The summed E-state index contributed by atoms with van der Waals surface area (Å²) in [5, 5.41) is 4.08. The Morgan fingerprint density at radius 1 is 1.22 bits per heavy atom. The smallest absolute Gasteiger partial charge is 0.244 e. The molecule has 4 nitrogen and oxygen atoms in total. The van der Waals surface area contributed by atoms with E-state index >= 15 is 0 Å². The Labute approximate surface area is 188 Å². The van der Waals surface area contributed by atoms with Gasteiger partial charge in [0.25, 0.3) is 0 Å². The summed E-state index contributed by atoms with van der Waals surface area (Å²) in [5.41, 5.74) is 4.09. The molecule has 0 saturated heterocycles. The molecule has 1 N–H and O–H groups in total. The van der Waals surface area contributed by atoms with Crippen LogP contribution in [0.2, 0.25) is 0 Å². The Morgan fingerprint density at radius 3 is 2.69 bits per heavy atom. The van der Waals surface area contributed by atoms with Crippen LogP contribution in [0, 0.1) is 11.7 Å². The molecule has 32 heavy (non-hydrogen) atoms. The summed E-state index contributed by atoms with van der Waals surface area (Å²) < 4.78 is 25.0. The van der Waals surface area contributed by atoms with Crippen molar-refractivity contribution < 1.29 is 18.3 Å². The molecule has 0 bridgehead atoms. The molecule has 0 spiro atoms. The Hall–Kier alpha value is -3.08. The predicted octanol–water partition coefficient (Wildman–Crippen LogP) is 6.74. The lowest BCUT2D eigenvalue weighted by Crippen LogP contribution is -2.40. The molecule has 4 rings (SSSR count). The summed E-state index contributed by atoms with van der Waals surface area (Å²) in [5.74, 6) is 0.821. The second-order valence-electron chi connectivity index (χ2n) is 8.64. The third-order valence-corrected chi connectivity index (χ3v) is 6.34. The first kappa shape index (κ1) is 22.1. The van der Waals surface area contributed by atoms with Gasteiger partial charge >= 0.3 is 0 Å². The predicted molar refractivity (Wildman–Crippen MR) is 126 cm³/mol. The number of carbonyl (C=O) groups is 1. The summed E-state index contributed by atoms with van der Waals surface area (Å²) in [6.45, 7) is 6.56. The highest BCUT2D eigenvalue weighted by Crippen LogP contribution is 2.37. The second kappa shape index (κ2) is 9.60. The van der Waals surface area contributed by atoms with Gasteiger partial charge in [-0.2, -0.15) is 0 Å². The van der Waals surface area contributed by atoms with Crippen LogP contribution in [-0.2, 0) is 4.79 Å². The molecule has 1 heterocycles. The maximum absolute atomic E-state index is 13.4. The molecule has 0 aliphatic heterocycles. The third-order valence-electron chi connectivity index (χ3n) is 6.34. The lowest BCUT2D eigenvalue weighted by Gasteiger charge is -2.29. The zero-order chi connectivity index (χ0) is 22.7. The van der Waals surface area contributed by atoms with E-state index in [0.717, 1.165) is 46.9 Å². The molecule has 1 aliphatic rings. The van der Waals surface area contributed by atoms with Crippen molar-refractivity contribution in [3.05, 3.63) is 60.1 Å². The molecule has 3 aromatic rings. The van der Waals surface area contributed by atoms with Crippen LogP contribution in [0.4, 0.5) is 4.39 Å². The quantitative estimate of drug-likeness (QED) is 0.437. The number of furan rings is 1. The fourth-order valence-electron chi connectivity index (χ4n) is 4.52. The van der Waals surface area contributed by atoms with Crippen molar-refractivity contribution in [2.75, 3.05) is 6.61 Å². The van der Waals surface area contributed by atoms with Gasteiger partial charge in [0.05, 0.1) is 12.9 Å². The monoisotopic (exact) mass is 435 g/mol. The average Bonchev–Trinajstić information content (AvgIpc) is 3.18. The molecule has 1 amide bonds. The van der Waals surface area contributed by atoms with E-state index in [4.69, 9.17) is 9.15 Å². The van der Waals surface area contributed by atoms with E-state index in [9.17, 15) is 9.18 Å². The highest BCUT2D eigenvalue weighted by molar-refractivity contribution is 6.00. The number of benzene rings is 2. The van der Waals surface area contributed by atoms with Gasteiger partial charge in [-0.05, 0) is 61.9 Å². The Kier molecular flexibility index (Phi) is 6.63.